The zero-order valence-electron chi connectivity index (χ0n) is 9.89. The van der Waals surface area contributed by atoms with Crippen LogP contribution in [-0.2, 0) is 12.8 Å². The van der Waals surface area contributed by atoms with Gasteiger partial charge in [0.2, 0.25) is 5.89 Å². The summed E-state index contributed by atoms with van der Waals surface area (Å²) >= 11 is 0. The Morgan fingerprint density at radius 1 is 1.21 bits per heavy atom. The average molecular weight is 271 g/mol. The molecule has 1 aromatic heterocycles. The highest BCUT2D eigenvalue weighted by molar-refractivity contribution is 5.16. The predicted octanol–water partition coefficient (Wildman–Crippen LogP) is 2.42. The van der Waals surface area contributed by atoms with Gasteiger partial charge in [0.15, 0.2) is 5.82 Å². The molecule has 0 amide bonds. The molecule has 0 fully saturated rings. The lowest BCUT2D eigenvalue weighted by molar-refractivity contribution is -0.128. The van der Waals surface area contributed by atoms with E-state index >= 15 is 0 Å². The van der Waals surface area contributed by atoms with Crippen molar-refractivity contribution >= 4 is 0 Å². The van der Waals surface area contributed by atoms with Gasteiger partial charge in [-0.1, -0.05) is 35.5 Å². The molecule has 2 rings (SSSR count). The summed E-state index contributed by atoms with van der Waals surface area (Å²) in [5.74, 6) is -0.380. The number of hydrogen-bond acceptors (Lipinski definition) is 4. The number of rotatable bonds is 4. The van der Waals surface area contributed by atoms with Crippen molar-refractivity contribution in [2.24, 2.45) is 5.73 Å². The lowest BCUT2D eigenvalue weighted by atomic mass is 10.1. The van der Waals surface area contributed by atoms with E-state index in [1.807, 2.05) is 30.3 Å². The number of aromatic nitrogens is 2. The average Bonchev–Trinajstić information content (AvgIpc) is 2.76. The van der Waals surface area contributed by atoms with Crippen LogP contribution in [0.3, 0.4) is 0 Å². The van der Waals surface area contributed by atoms with Crippen LogP contribution in [0.4, 0.5) is 13.2 Å². The van der Waals surface area contributed by atoms with Gasteiger partial charge in [-0.15, -0.1) is 0 Å². The van der Waals surface area contributed by atoms with E-state index < -0.39 is 24.5 Å². The largest absolute Gasteiger partial charge is 0.396 e. The third-order valence-corrected chi connectivity index (χ3v) is 2.46. The molecule has 1 atom stereocenters. The fraction of sp³-hybridized carbons (Fsp3) is 0.333. The number of nitrogens with two attached hydrogens (primary N) is 1. The summed E-state index contributed by atoms with van der Waals surface area (Å²) in [7, 11) is 0. The summed E-state index contributed by atoms with van der Waals surface area (Å²) in [6.07, 6.45) is -5.15. The lowest BCUT2D eigenvalue weighted by Gasteiger charge is -2.06. The van der Waals surface area contributed by atoms with Crippen LogP contribution in [0.2, 0.25) is 0 Å². The Balaban J connectivity index is 2.02. The van der Waals surface area contributed by atoms with Crippen molar-refractivity contribution in [1.29, 1.82) is 0 Å². The van der Waals surface area contributed by atoms with Crippen molar-refractivity contribution in [3.8, 4) is 0 Å². The second-order valence-electron chi connectivity index (χ2n) is 4.14. The first-order valence-electron chi connectivity index (χ1n) is 5.63. The fourth-order valence-electron chi connectivity index (χ4n) is 1.62. The van der Waals surface area contributed by atoms with Crippen molar-refractivity contribution in [3.05, 3.63) is 47.6 Å². The Kier molecular flexibility index (Phi) is 3.84. The smallest absolute Gasteiger partial charge is 0.338 e. The molecule has 0 aliphatic rings. The maximum Gasteiger partial charge on any atom is 0.396 e. The molecule has 0 spiro atoms. The quantitative estimate of drug-likeness (QED) is 0.927. The summed E-state index contributed by atoms with van der Waals surface area (Å²) < 4.78 is 41.2. The summed E-state index contributed by atoms with van der Waals surface area (Å²) in [5.41, 5.74) is 6.78. The summed E-state index contributed by atoms with van der Waals surface area (Å²) in [4.78, 5) is 3.67. The summed E-state index contributed by atoms with van der Waals surface area (Å²) in [5, 5.41) is 3.28. The molecule has 4 nitrogen and oxygen atoms in total. The van der Waals surface area contributed by atoms with E-state index in [0.29, 0.717) is 6.42 Å². The van der Waals surface area contributed by atoms with Crippen LogP contribution in [0.5, 0.6) is 0 Å². The highest BCUT2D eigenvalue weighted by atomic mass is 19.4. The minimum Gasteiger partial charge on any atom is -0.338 e. The van der Waals surface area contributed by atoms with Gasteiger partial charge in [0.1, 0.15) is 6.42 Å². The van der Waals surface area contributed by atoms with Gasteiger partial charge in [0.25, 0.3) is 0 Å². The van der Waals surface area contributed by atoms with Gasteiger partial charge >= 0.3 is 6.18 Å². The molecule has 1 unspecified atom stereocenters. The first-order valence-corrected chi connectivity index (χ1v) is 5.63. The van der Waals surface area contributed by atoms with E-state index in [4.69, 9.17) is 10.3 Å². The van der Waals surface area contributed by atoms with Crippen molar-refractivity contribution in [1.82, 2.24) is 10.1 Å². The van der Waals surface area contributed by atoms with E-state index in [0.717, 1.165) is 5.56 Å². The number of alkyl halides is 3. The number of hydrogen-bond donors (Lipinski definition) is 1. The zero-order chi connectivity index (χ0) is 13.9. The number of benzene rings is 1. The second kappa shape index (κ2) is 5.40. The molecule has 1 aromatic carbocycles. The molecule has 102 valence electrons. The van der Waals surface area contributed by atoms with Crippen molar-refractivity contribution in [2.45, 2.75) is 25.1 Å². The molecular formula is C12H12F3N3O. The summed E-state index contributed by atoms with van der Waals surface area (Å²) in [6, 6.07) is 8.69. The lowest BCUT2D eigenvalue weighted by Crippen LogP contribution is -2.15. The van der Waals surface area contributed by atoms with Crippen LogP contribution in [0, 0.1) is 0 Å². The van der Waals surface area contributed by atoms with Gasteiger partial charge in [-0.3, -0.25) is 0 Å². The van der Waals surface area contributed by atoms with Crippen LogP contribution in [-0.4, -0.2) is 16.3 Å². The highest BCUT2D eigenvalue weighted by Crippen LogP contribution is 2.21. The van der Waals surface area contributed by atoms with E-state index in [1.165, 1.54) is 0 Å². The fourth-order valence-corrected chi connectivity index (χ4v) is 1.62. The Morgan fingerprint density at radius 2 is 1.89 bits per heavy atom. The monoisotopic (exact) mass is 271 g/mol. The number of nitrogens with zero attached hydrogens (tertiary/aromatic N) is 2. The molecule has 0 aliphatic heterocycles. The van der Waals surface area contributed by atoms with Crippen molar-refractivity contribution in [3.63, 3.8) is 0 Å². The van der Waals surface area contributed by atoms with Gasteiger partial charge < -0.3 is 10.3 Å². The van der Waals surface area contributed by atoms with Gasteiger partial charge in [0, 0.05) is 0 Å². The minimum atomic E-state index is -4.36. The van der Waals surface area contributed by atoms with Crippen LogP contribution in [0.15, 0.2) is 34.9 Å². The Hall–Kier alpha value is -1.89. The van der Waals surface area contributed by atoms with Crippen LogP contribution >= 0.6 is 0 Å². The summed E-state index contributed by atoms with van der Waals surface area (Å²) in [6.45, 7) is 0. The topological polar surface area (TPSA) is 64.9 Å². The van der Waals surface area contributed by atoms with E-state index in [1.54, 1.807) is 0 Å². The zero-order valence-corrected chi connectivity index (χ0v) is 9.89. The van der Waals surface area contributed by atoms with Crippen LogP contribution in [0.25, 0.3) is 0 Å². The molecule has 0 saturated carbocycles. The molecule has 0 saturated heterocycles. The van der Waals surface area contributed by atoms with Crippen molar-refractivity contribution < 1.29 is 17.7 Å². The first-order chi connectivity index (χ1) is 8.94. The molecular weight excluding hydrogens is 259 g/mol. The molecule has 2 N–H and O–H groups in total. The standard InChI is InChI=1S/C12H12F3N3O/c13-12(14,15)7-10-17-11(19-18-10)9(16)6-8-4-2-1-3-5-8/h1-5,9H,6-7,16H2. The maximum absolute atomic E-state index is 12.1. The van der Waals surface area contributed by atoms with Crippen LogP contribution in [0.1, 0.15) is 23.3 Å². The molecule has 0 radical (unpaired) electrons. The van der Waals surface area contributed by atoms with E-state index in [-0.39, 0.29) is 5.89 Å². The SMILES string of the molecule is NC(Cc1ccccc1)c1nc(CC(F)(F)F)no1. The highest BCUT2D eigenvalue weighted by Gasteiger charge is 2.31. The molecule has 19 heavy (non-hydrogen) atoms. The van der Waals surface area contributed by atoms with Gasteiger partial charge in [0.05, 0.1) is 6.04 Å². The normalized spacial score (nSPS) is 13.5. The van der Waals surface area contributed by atoms with Crippen molar-refractivity contribution in [2.75, 3.05) is 0 Å². The molecule has 0 aliphatic carbocycles. The predicted molar refractivity (Wildman–Crippen MR) is 61.1 cm³/mol. The number of halogens is 3. The Bertz CT molecular complexity index is 525. The van der Waals surface area contributed by atoms with E-state index in [2.05, 4.69) is 10.1 Å². The molecule has 2 aromatic rings. The Labute approximate surface area is 107 Å². The third kappa shape index (κ3) is 4.06. The molecule has 7 heteroatoms. The van der Waals surface area contributed by atoms with Crippen LogP contribution < -0.4 is 5.73 Å². The molecule has 0 bridgehead atoms. The maximum atomic E-state index is 12.1. The minimum absolute atomic E-state index is 0.0168. The van der Waals surface area contributed by atoms with E-state index in [9.17, 15) is 13.2 Å². The third-order valence-electron chi connectivity index (χ3n) is 2.46. The van der Waals surface area contributed by atoms with Gasteiger partial charge in [-0.2, -0.15) is 18.2 Å². The first kappa shape index (κ1) is 13.5. The van der Waals surface area contributed by atoms with Gasteiger partial charge in [-0.25, -0.2) is 0 Å². The van der Waals surface area contributed by atoms with Gasteiger partial charge in [-0.05, 0) is 12.0 Å². The second-order valence-corrected chi connectivity index (χ2v) is 4.14. The molecule has 1 heterocycles. The Morgan fingerprint density at radius 3 is 2.53 bits per heavy atom.